The zero-order chi connectivity index (χ0) is 11.9. The molecule has 15 heavy (non-hydrogen) atoms. The van der Waals surface area contributed by atoms with Crippen LogP contribution in [-0.4, -0.2) is 23.9 Å². The molecule has 0 aliphatic carbocycles. The van der Waals surface area contributed by atoms with Gasteiger partial charge in [0, 0.05) is 13.1 Å². The molecule has 0 rings (SSSR count). The van der Waals surface area contributed by atoms with Gasteiger partial charge in [-0.25, -0.2) is 0 Å². The molecule has 0 bridgehead atoms. The van der Waals surface area contributed by atoms with E-state index in [1.807, 2.05) is 25.7 Å². The normalized spacial score (nSPS) is 14.1. The molecule has 0 N–H and O–H groups in total. The second-order valence-electron chi connectivity index (χ2n) is 4.09. The fourth-order valence-electron chi connectivity index (χ4n) is 1.48. The molecule has 0 fully saturated rings. The fraction of sp³-hybridized carbons (Fsp3) is 0.833. The summed E-state index contributed by atoms with van der Waals surface area (Å²) in [5, 5.41) is 9.04. The van der Waals surface area contributed by atoms with Gasteiger partial charge in [0.2, 0.25) is 5.91 Å². The molecule has 1 amide bonds. The molecule has 3 nitrogen and oxygen atoms in total. The van der Waals surface area contributed by atoms with Crippen LogP contribution in [0.3, 0.4) is 0 Å². The van der Waals surface area contributed by atoms with Crippen LogP contribution in [0.4, 0.5) is 0 Å². The van der Waals surface area contributed by atoms with Gasteiger partial charge >= 0.3 is 0 Å². The highest BCUT2D eigenvalue weighted by Crippen LogP contribution is 2.23. The highest BCUT2D eigenvalue weighted by atomic mass is 16.2. The molecule has 0 aliphatic heterocycles. The fourth-order valence-corrected chi connectivity index (χ4v) is 1.48. The third-order valence-electron chi connectivity index (χ3n) is 2.70. The number of hydrogen-bond donors (Lipinski definition) is 0. The zero-order valence-electron chi connectivity index (χ0n) is 10.3. The molecule has 0 spiro atoms. The largest absolute Gasteiger partial charge is 0.341 e. The van der Waals surface area contributed by atoms with Crippen molar-refractivity contribution in [3.63, 3.8) is 0 Å². The van der Waals surface area contributed by atoms with Gasteiger partial charge < -0.3 is 4.90 Å². The van der Waals surface area contributed by atoms with E-state index in [1.54, 1.807) is 6.92 Å². The van der Waals surface area contributed by atoms with E-state index < -0.39 is 5.41 Å². The number of carbonyl (C=O) groups is 1. The zero-order valence-corrected chi connectivity index (χ0v) is 10.3. The third kappa shape index (κ3) is 3.54. The molecule has 0 aromatic heterocycles. The first kappa shape index (κ1) is 14.0. The van der Waals surface area contributed by atoms with Gasteiger partial charge in [-0.3, -0.25) is 4.79 Å². The minimum atomic E-state index is -0.843. The van der Waals surface area contributed by atoms with E-state index in [1.165, 1.54) is 0 Å². The predicted octanol–water partition coefficient (Wildman–Crippen LogP) is 2.57. The van der Waals surface area contributed by atoms with Crippen LogP contribution in [0.1, 0.15) is 47.0 Å². The van der Waals surface area contributed by atoms with Crippen molar-refractivity contribution in [2.75, 3.05) is 13.1 Å². The van der Waals surface area contributed by atoms with Crippen LogP contribution in [0.5, 0.6) is 0 Å². The Kier molecular flexibility index (Phi) is 6.00. The monoisotopic (exact) mass is 210 g/mol. The number of carbonyl (C=O) groups excluding carboxylic acids is 1. The molecule has 0 aromatic carbocycles. The van der Waals surface area contributed by atoms with Gasteiger partial charge in [-0.05, 0) is 26.2 Å². The molecule has 0 heterocycles. The van der Waals surface area contributed by atoms with Gasteiger partial charge in [-0.1, -0.05) is 20.8 Å². The van der Waals surface area contributed by atoms with E-state index in [-0.39, 0.29) is 5.91 Å². The van der Waals surface area contributed by atoms with Crippen molar-refractivity contribution in [2.24, 2.45) is 5.41 Å². The van der Waals surface area contributed by atoms with Crippen molar-refractivity contribution in [1.82, 2.24) is 4.90 Å². The summed E-state index contributed by atoms with van der Waals surface area (Å²) in [6.07, 6.45) is 2.46. The number of rotatable bonds is 6. The molecule has 1 unspecified atom stereocenters. The Morgan fingerprint density at radius 1 is 1.27 bits per heavy atom. The maximum Gasteiger partial charge on any atom is 0.242 e. The molecule has 0 saturated heterocycles. The van der Waals surface area contributed by atoms with Crippen molar-refractivity contribution in [1.29, 1.82) is 5.26 Å². The number of amides is 1. The summed E-state index contributed by atoms with van der Waals surface area (Å²) < 4.78 is 0. The van der Waals surface area contributed by atoms with E-state index in [4.69, 9.17) is 5.26 Å². The van der Waals surface area contributed by atoms with Gasteiger partial charge in [0.15, 0.2) is 0 Å². The van der Waals surface area contributed by atoms with Crippen LogP contribution in [0.15, 0.2) is 0 Å². The lowest BCUT2D eigenvalue weighted by molar-refractivity contribution is -0.138. The Morgan fingerprint density at radius 3 is 2.00 bits per heavy atom. The van der Waals surface area contributed by atoms with Gasteiger partial charge in [-0.2, -0.15) is 5.26 Å². The summed E-state index contributed by atoms with van der Waals surface area (Å²) in [7, 11) is 0. The molecular formula is C12H22N2O. The molecule has 0 radical (unpaired) electrons. The molecule has 0 saturated carbocycles. The van der Waals surface area contributed by atoms with Crippen molar-refractivity contribution < 1.29 is 4.79 Å². The topological polar surface area (TPSA) is 44.1 Å². The summed E-state index contributed by atoms with van der Waals surface area (Å²) in [6, 6.07) is 2.13. The first-order valence-corrected chi connectivity index (χ1v) is 5.76. The number of hydrogen-bond acceptors (Lipinski definition) is 2. The molecular weight excluding hydrogens is 188 g/mol. The van der Waals surface area contributed by atoms with E-state index in [0.29, 0.717) is 6.42 Å². The summed E-state index contributed by atoms with van der Waals surface area (Å²) in [5.74, 6) is -0.0174. The van der Waals surface area contributed by atoms with E-state index >= 15 is 0 Å². The smallest absolute Gasteiger partial charge is 0.242 e. The molecule has 1 atom stereocenters. The SMILES string of the molecule is CCCN(CCC)C(=O)C(C)(C#N)CC. The lowest BCUT2D eigenvalue weighted by Gasteiger charge is -2.28. The van der Waals surface area contributed by atoms with Crippen LogP contribution in [0.25, 0.3) is 0 Å². The summed E-state index contributed by atoms with van der Waals surface area (Å²) in [5.41, 5.74) is -0.843. The summed E-state index contributed by atoms with van der Waals surface area (Å²) >= 11 is 0. The van der Waals surface area contributed by atoms with E-state index in [9.17, 15) is 4.79 Å². The molecule has 86 valence electrons. The van der Waals surface area contributed by atoms with Crippen molar-refractivity contribution in [3.05, 3.63) is 0 Å². The van der Waals surface area contributed by atoms with Crippen LogP contribution in [0.2, 0.25) is 0 Å². The number of nitrogens with zero attached hydrogens (tertiary/aromatic N) is 2. The first-order valence-electron chi connectivity index (χ1n) is 5.76. The Labute approximate surface area is 93.1 Å². The number of nitriles is 1. The average molecular weight is 210 g/mol. The lowest BCUT2D eigenvalue weighted by atomic mass is 9.87. The maximum absolute atomic E-state index is 12.1. The second-order valence-corrected chi connectivity index (χ2v) is 4.09. The van der Waals surface area contributed by atoms with Crippen LogP contribution >= 0.6 is 0 Å². The van der Waals surface area contributed by atoms with Gasteiger partial charge in [0.25, 0.3) is 0 Å². The Morgan fingerprint density at radius 2 is 1.73 bits per heavy atom. The first-order chi connectivity index (χ1) is 7.05. The van der Waals surface area contributed by atoms with Crippen LogP contribution in [0, 0.1) is 16.7 Å². The third-order valence-corrected chi connectivity index (χ3v) is 2.70. The Balaban J connectivity index is 4.69. The highest BCUT2D eigenvalue weighted by molar-refractivity contribution is 5.85. The highest BCUT2D eigenvalue weighted by Gasteiger charge is 2.34. The molecule has 0 aliphatic rings. The standard InChI is InChI=1S/C12H22N2O/c1-5-8-14(9-6-2)11(15)12(4,7-3)10-13/h5-9H2,1-4H3. The Hall–Kier alpha value is -1.04. The second kappa shape index (κ2) is 6.44. The van der Waals surface area contributed by atoms with Gasteiger partial charge in [-0.15, -0.1) is 0 Å². The van der Waals surface area contributed by atoms with Crippen molar-refractivity contribution in [2.45, 2.75) is 47.0 Å². The molecule has 0 aromatic rings. The van der Waals surface area contributed by atoms with Gasteiger partial charge in [0.1, 0.15) is 5.41 Å². The minimum absolute atomic E-state index is 0.0174. The summed E-state index contributed by atoms with van der Waals surface area (Å²) in [4.78, 5) is 13.9. The predicted molar refractivity (Wildman–Crippen MR) is 61.2 cm³/mol. The lowest BCUT2D eigenvalue weighted by Crippen LogP contribution is -2.42. The van der Waals surface area contributed by atoms with Crippen LogP contribution in [-0.2, 0) is 4.79 Å². The average Bonchev–Trinajstić information content (AvgIpc) is 2.26. The van der Waals surface area contributed by atoms with E-state index in [2.05, 4.69) is 6.07 Å². The summed E-state index contributed by atoms with van der Waals surface area (Å²) in [6.45, 7) is 9.22. The van der Waals surface area contributed by atoms with E-state index in [0.717, 1.165) is 25.9 Å². The van der Waals surface area contributed by atoms with Crippen molar-refractivity contribution >= 4 is 5.91 Å². The Bertz CT molecular complexity index is 238. The van der Waals surface area contributed by atoms with Crippen LogP contribution < -0.4 is 0 Å². The van der Waals surface area contributed by atoms with Crippen molar-refractivity contribution in [3.8, 4) is 6.07 Å². The van der Waals surface area contributed by atoms with Gasteiger partial charge in [0.05, 0.1) is 6.07 Å². The quantitative estimate of drug-likeness (QED) is 0.676. The molecule has 3 heteroatoms. The minimum Gasteiger partial charge on any atom is -0.341 e. The maximum atomic E-state index is 12.1.